The Morgan fingerprint density at radius 1 is 0.739 bits per heavy atom. The lowest BCUT2D eigenvalue weighted by Gasteiger charge is -2.33. The van der Waals surface area contributed by atoms with Crippen LogP contribution in [-0.4, -0.2) is 12.1 Å². The van der Waals surface area contributed by atoms with Gasteiger partial charge in [0.15, 0.2) is 0 Å². The molecule has 0 saturated heterocycles. The average molecular weight is 373 g/mol. The second-order valence-electron chi connectivity index (χ2n) is 6.37. The summed E-state index contributed by atoms with van der Waals surface area (Å²) in [4.78, 5) is 0. The summed E-state index contributed by atoms with van der Waals surface area (Å²) in [5, 5.41) is 7.53. The highest BCUT2D eigenvalue weighted by molar-refractivity contribution is 9.10. The van der Waals surface area contributed by atoms with E-state index in [1.165, 1.54) is 36.8 Å². The topological polar surface area (TPSA) is 24.1 Å². The molecule has 2 unspecified atom stereocenters. The smallest absolute Gasteiger partial charge is 0.0224 e. The van der Waals surface area contributed by atoms with E-state index in [2.05, 4.69) is 81.2 Å². The van der Waals surface area contributed by atoms with E-state index < -0.39 is 0 Å². The maximum atomic E-state index is 3.77. The van der Waals surface area contributed by atoms with Gasteiger partial charge in [-0.3, -0.25) is 0 Å². The van der Waals surface area contributed by atoms with Crippen LogP contribution in [-0.2, 0) is 13.1 Å². The average Bonchev–Trinajstić information content (AvgIpc) is 2.61. The van der Waals surface area contributed by atoms with E-state index in [0.717, 1.165) is 17.6 Å². The summed E-state index contributed by atoms with van der Waals surface area (Å²) in [6.45, 7) is 1.91. The van der Waals surface area contributed by atoms with E-state index in [-0.39, 0.29) is 0 Å². The first kappa shape index (κ1) is 16.7. The minimum Gasteiger partial charge on any atom is -0.308 e. The molecule has 122 valence electrons. The fourth-order valence-corrected chi connectivity index (χ4v) is 3.58. The fraction of sp³-hybridized carbons (Fsp3) is 0.400. The second kappa shape index (κ2) is 8.62. The van der Waals surface area contributed by atoms with Crippen LogP contribution < -0.4 is 10.6 Å². The van der Waals surface area contributed by atoms with Gasteiger partial charge in [0, 0.05) is 29.6 Å². The number of hydrogen-bond acceptors (Lipinski definition) is 2. The molecule has 2 atom stereocenters. The van der Waals surface area contributed by atoms with Crippen LogP contribution in [0.25, 0.3) is 0 Å². The van der Waals surface area contributed by atoms with Gasteiger partial charge >= 0.3 is 0 Å². The van der Waals surface area contributed by atoms with Gasteiger partial charge in [-0.2, -0.15) is 0 Å². The quantitative estimate of drug-likeness (QED) is 0.771. The van der Waals surface area contributed by atoms with Crippen molar-refractivity contribution in [2.24, 2.45) is 0 Å². The molecular weight excluding hydrogens is 348 g/mol. The zero-order valence-corrected chi connectivity index (χ0v) is 15.1. The van der Waals surface area contributed by atoms with Crippen molar-refractivity contribution in [3.63, 3.8) is 0 Å². The molecule has 1 saturated carbocycles. The lowest BCUT2D eigenvalue weighted by Crippen LogP contribution is -2.49. The molecule has 2 aromatic carbocycles. The summed E-state index contributed by atoms with van der Waals surface area (Å²) in [7, 11) is 0. The molecule has 1 aliphatic carbocycles. The zero-order chi connectivity index (χ0) is 15.9. The SMILES string of the molecule is Brc1ccc(CNC2CCCCC2NCc2ccccc2)cc1. The van der Waals surface area contributed by atoms with Crippen LogP contribution in [0.5, 0.6) is 0 Å². The van der Waals surface area contributed by atoms with Crippen molar-refractivity contribution in [2.45, 2.75) is 50.9 Å². The molecule has 0 aromatic heterocycles. The number of nitrogens with one attached hydrogen (secondary N) is 2. The van der Waals surface area contributed by atoms with Gasteiger partial charge in [-0.15, -0.1) is 0 Å². The van der Waals surface area contributed by atoms with Crippen LogP contribution in [0, 0.1) is 0 Å². The third-order valence-corrected chi connectivity index (χ3v) is 5.19. The summed E-state index contributed by atoms with van der Waals surface area (Å²) in [6.07, 6.45) is 5.21. The van der Waals surface area contributed by atoms with Crippen molar-refractivity contribution in [3.05, 3.63) is 70.2 Å². The minimum atomic E-state index is 0.566. The van der Waals surface area contributed by atoms with Gasteiger partial charge in [-0.05, 0) is 36.1 Å². The molecule has 3 heteroatoms. The maximum absolute atomic E-state index is 3.77. The first-order valence-corrected chi connectivity index (χ1v) is 9.36. The molecule has 2 N–H and O–H groups in total. The van der Waals surface area contributed by atoms with E-state index in [0.29, 0.717) is 12.1 Å². The van der Waals surface area contributed by atoms with Crippen LogP contribution >= 0.6 is 15.9 Å². The van der Waals surface area contributed by atoms with Crippen LogP contribution in [0.3, 0.4) is 0 Å². The Labute approximate surface area is 147 Å². The van der Waals surface area contributed by atoms with Gasteiger partial charge in [0.1, 0.15) is 0 Å². The molecule has 1 aliphatic rings. The van der Waals surface area contributed by atoms with Gasteiger partial charge in [0.25, 0.3) is 0 Å². The largest absolute Gasteiger partial charge is 0.308 e. The van der Waals surface area contributed by atoms with Crippen LogP contribution in [0.1, 0.15) is 36.8 Å². The first-order chi connectivity index (χ1) is 11.3. The van der Waals surface area contributed by atoms with Crippen molar-refractivity contribution in [2.75, 3.05) is 0 Å². The zero-order valence-electron chi connectivity index (χ0n) is 13.5. The summed E-state index contributed by atoms with van der Waals surface area (Å²) < 4.78 is 1.14. The summed E-state index contributed by atoms with van der Waals surface area (Å²) in [5.74, 6) is 0. The van der Waals surface area contributed by atoms with E-state index in [1.807, 2.05) is 0 Å². The molecule has 0 spiro atoms. The van der Waals surface area contributed by atoms with Crippen molar-refractivity contribution < 1.29 is 0 Å². The summed E-state index contributed by atoms with van der Waals surface area (Å²) >= 11 is 3.50. The molecule has 2 aromatic rings. The van der Waals surface area contributed by atoms with Crippen molar-refractivity contribution in [1.29, 1.82) is 0 Å². The monoisotopic (exact) mass is 372 g/mol. The Bertz CT molecular complexity index is 582. The van der Waals surface area contributed by atoms with Crippen molar-refractivity contribution in [3.8, 4) is 0 Å². The Balaban J connectivity index is 1.52. The van der Waals surface area contributed by atoms with Crippen LogP contribution in [0.4, 0.5) is 0 Å². The summed E-state index contributed by atoms with van der Waals surface area (Å²) in [5.41, 5.74) is 2.71. The highest BCUT2D eigenvalue weighted by Gasteiger charge is 2.24. The van der Waals surface area contributed by atoms with E-state index in [4.69, 9.17) is 0 Å². The Kier molecular flexibility index (Phi) is 6.26. The Morgan fingerprint density at radius 2 is 1.26 bits per heavy atom. The predicted octanol–water partition coefficient (Wildman–Crippen LogP) is 4.64. The lowest BCUT2D eigenvalue weighted by molar-refractivity contribution is 0.281. The molecule has 0 radical (unpaired) electrons. The van der Waals surface area contributed by atoms with Crippen molar-refractivity contribution in [1.82, 2.24) is 10.6 Å². The standard InChI is InChI=1S/C20H25BrN2/c21-18-12-10-17(11-13-18)15-23-20-9-5-4-8-19(20)22-14-16-6-2-1-3-7-16/h1-3,6-7,10-13,19-20,22-23H,4-5,8-9,14-15H2. The lowest BCUT2D eigenvalue weighted by atomic mass is 9.90. The fourth-order valence-electron chi connectivity index (χ4n) is 3.32. The molecule has 3 rings (SSSR count). The predicted molar refractivity (Wildman–Crippen MR) is 100 cm³/mol. The third-order valence-electron chi connectivity index (χ3n) is 4.66. The molecule has 1 fully saturated rings. The van der Waals surface area contributed by atoms with Crippen LogP contribution in [0.15, 0.2) is 59.1 Å². The minimum absolute atomic E-state index is 0.566. The normalized spacial score (nSPS) is 21.3. The van der Waals surface area contributed by atoms with Gasteiger partial charge in [-0.25, -0.2) is 0 Å². The molecule has 0 aliphatic heterocycles. The molecule has 0 bridgehead atoms. The van der Waals surface area contributed by atoms with Gasteiger partial charge < -0.3 is 10.6 Å². The Hall–Kier alpha value is -1.16. The highest BCUT2D eigenvalue weighted by Crippen LogP contribution is 2.20. The molecule has 0 amide bonds. The van der Waals surface area contributed by atoms with Crippen LogP contribution in [0.2, 0.25) is 0 Å². The molecular formula is C20H25BrN2. The molecule has 23 heavy (non-hydrogen) atoms. The van der Waals surface area contributed by atoms with E-state index >= 15 is 0 Å². The highest BCUT2D eigenvalue weighted by atomic mass is 79.9. The number of hydrogen-bond donors (Lipinski definition) is 2. The summed E-state index contributed by atoms with van der Waals surface area (Å²) in [6, 6.07) is 20.4. The van der Waals surface area contributed by atoms with Gasteiger partial charge in [0.2, 0.25) is 0 Å². The van der Waals surface area contributed by atoms with E-state index in [9.17, 15) is 0 Å². The number of halogens is 1. The maximum Gasteiger partial charge on any atom is 0.0224 e. The van der Waals surface area contributed by atoms with Crippen molar-refractivity contribution >= 4 is 15.9 Å². The second-order valence-corrected chi connectivity index (χ2v) is 7.29. The molecule has 2 nitrogen and oxygen atoms in total. The number of benzene rings is 2. The molecule has 0 heterocycles. The third kappa shape index (κ3) is 5.17. The van der Waals surface area contributed by atoms with Gasteiger partial charge in [-0.1, -0.05) is 71.2 Å². The first-order valence-electron chi connectivity index (χ1n) is 8.56. The number of rotatable bonds is 6. The van der Waals surface area contributed by atoms with E-state index in [1.54, 1.807) is 0 Å². The Morgan fingerprint density at radius 3 is 1.83 bits per heavy atom. The van der Waals surface area contributed by atoms with Gasteiger partial charge in [0.05, 0.1) is 0 Å².